The van der Waals surface area contributed by atoms with Gasteiger partial charge in [0.2, 0.25) is 10.0 Å². The summed E-state index contributed by atoms with van der Waals surface area (Å²) in [6.07, 6.45) is 2.01. The topological polar surface area (TPSA) is 104 Å². The van der Waals surface area contributed by atoms with Crippen LogP contribution in [0.15, 0.2) is 95.9 Å². The first-order valence-electron chi connectivity index (χ1n) is 10.6. The third-order valence-electron chi connectivity index (χ3n) is 5.08. The zero-order valence-corrected chi connectivity index (χ0v) is 19.3. The van der Waals surface area contributed by atoms with E-state index in [1.165, 1.54) is 12.1 Å². The van der Waals surface area contributed by atoms with E-state index in [1.807, 2.05) is 66.7 Å². The first-order chi connectivity index (χ1) is 16.4. The second kappa shape index (κ2) is 9.86. The number of carbonyl (C=O) groups is 1. The van der Waals surface area contributed by atoms with E-state index in [-0.39, 0.29) is 17.2 Å². The summed E-state index contributed by atoms with van der Waals surface area (Å²) in [5, 5.41) is 9.74. The Morgan fingerprint density at radius 2 is 1.59 bits per heavy atom. The largest absolute Gasteiger partial charge is 0.461 e. The molecule has 0 spiro atoms. The first-order valence-corrected chi connectivity index (χ1v) is 12.1. The van der Waals surface area contributed by atoms with Crippen molar-refractivity contribution >= 4 is 27.6 Å². The monoisotopic (exact) mass is 473 g/mol. The summed E-state index contributed by atoms with van der Waals surface area (Å²) >= 11 is 0. The number of ether oxygens (including phenoxy) is 1. The van der Waals surface area contributed by atoms with Crippen molar-refractivity contribution in [3.8, 4) is 5.69 Å². The molecule has 0 fully saturated rings. The molecule has 3 aromatic carbocycles. The van der Waals surface area contributed by atoms with Gasteiger partial charge in [0.25, 0.3) is 0 Å². The van der Waals surface area contributed by atoms with Crippen molar-refractivity contribution in [1.29, 1.82) is 0 Å². The summed E-state index contributed by atoms with van der Waals surface area (Å²) in [5.74, 6) is -0.546. The van der Waals surface area contributed by atoms with Crippen molar-refractivity contribution < 1.29 is 17.9 Å². The van der Waals surface area contributed by atoms with Crippen LogP contribution in [0.25, 0.3) is 17.3 Å². The number of aromatic nitrogens is 2. The average Bonchev–Trinajstić information content (AvgIpc) is 3.29. The van der Waals surface area contributed by atoms with Gasteiger partial charge in [-0.1, -0.05) is 60.7 Å². The lowest BCUT2D eigenvalue weighted by atomic mass is 9.99. The van der Waals surface area contributed by atoms with Gasteiger partial charge in [-0.3, -0.25) is 0 Å². The van der Waals surface area contributed by atoms with Crippen LogP contribution in [0.5, 0.6) is 0 Å². The third-order valence-corrected chi connectivity index (χ3v) is 6.00. The van der Waals surface area contributed by atoms with E-state index in [2.05, 4.69) is 5.10 Å². The minimum atomic E-state index is -3.84. The summed E-state index contributed by atoms with van der Waals surface area (Å²) < 4.78 is 30.2. The number of hydrogen-bond donors (Lipinski definition) is 1. The molecule has 0 aliphatic carbocycles. The third kappa shape index (κ3) is 5.14. The molecule has 0 saturated carbocycles. The number of sulfonamides is 1. The summed E-state index contributed by atoms with van der Waals surface area (Å²) in [7, 11) is -3.84. The molecule has 0 bridgehead atoms. The molecule has 34 heavy (non-hydrogen) atoms. The maximum absolute atomic E-state index is 12.5. The Morgan fingerprint density at radius 3 is 2.18 bits per heavy atom. The maximum Gasteiger partial charge on any atom is 0.358 e. The Bertz CT molecular complexity index is 1430. The van der Waals surface area contributed by atoms with Crippen molar-refractivity contribution in [1.82, 2.24) is 9.78 Å². The zero-order valence-electron chi connectivity index (χ0n) is 18.5. The van der Waals surface area contributed by atoms with Crippen molar-refractivity contribution in [2.45, 2.75) is 11.8 Å². The maximum atomic E-state index is 12.5. The van der Waals surface area contributed by atoms with E-state index >= 15 is 0 Å². The van der Waals surface area contributed by atoms with Gasteiger partial charge in [0, 0.05) is 5.57 Å². The van der Waals surface area contributed by atoms with E-state index in [0.717, 1.165) is 16.7 Å². The summed E-state index contributed by atoms with van der Waals surface area (Å²) in [5.41, 5.74) is 4.06. The standard InChI is InChI=1S/C26H23N3O4S/c1-2-33-26(30)24-18-25(29(28-24)21-13-15-22(16-14-21)34(27,31)32)23(20-11-7-4-8-12-20)17-19-9-5-3-6-10-19/h3-18H,2H2,1H3,(H2,27,31,32)/b23-17+. The molecule has 8 heteroatoms. The Balaban J connectivity index is 1.93. The minimum Gasteiger partial charge on any atom is -0.461 e. The van der Waals surface area contributed by atoms with E-state index in [9.17, 15) is 13.2 Å². The highest BCUT2D eigenvalue weighted by molar-refractivity contribution is 7.89. The van der Waals surface area contributed by atoms with Gasteiger partial charge in [-0.05, 0) is 54.5 Å². The molecule has 0 radical (unpaired) electrons. The lowest BCUT2D eigenvalue weighted by Crippen LogP contribution is -2.12. The van der Waals surface area contributed by atoms with Gasteiger partial charge < -0.3 is 4.74 Å². The molecule has 0 aliphatic rings. The van der Waals surface area contributed by atoms with Gasteiger partial charge in [0.1, 0.15) is 0 Å². The van der Waals surface area contributed by atoms with E-state index < -0.39 is 16.0 Å². The summed E-state index contributed by atoms with van der Waals surface area (Å²) in [6.45, 7) is 1.95. The van der Waals surface area contributed by atoms with Gasteiger partial charge >= 0.3 is 5.97 Å². The Morgan fingerprint density at radius 1 is 0.971 bits per heavy atom. The van der Waals surface area contributed by atoms with Crippen molar-refractivity contribution in [2.75, 3.05) is 6.61 Å². The average molecular weight is 474 g/mol. The molecular formula is C26H23N3O4S. The highest BCUT2D eigenvalue weighted by atomic mass is 32.2. The Hall–Kier alpha value is -4.01. The second-order valence-corrected chi connectivity index (χ2v) is 8.98. The molecule has 1 heterocycles. The number of nitrogens with two attached hydrogens (primary N) is 1. The molecule has 0 atom stereocenters. The van der Waals surface area contributed by atoms with Gasteiger partial charge in [-0.15, -0.1) is 0 Å². The van der Waals surface area contributed by atoms with Crippen LogP contribution in [0.4, 0.5) is 0 Å². The van der Waals surface area contributed by atoms with Crippen LogP contribution in [0.3, 0.4) is 0 Å². The quantitative estimate of drug-likeness (QED) is 0.319. The number of benzene rings is 3. The van der Waals surface area contributed by atoms with E-state index in [0.29, 0.717) is 11.4 Å². The smallest absolute Gasteiger partial charge is 0.358 e. The van der Waals surface area contributed by atoms with Crippen LogP contribution < -0.4 is 5.14 Å². The van der Waals surface area contributed by atoms with Crippen LogP contribution in [0.2, 0.25) is 0 Å². The number of hydrogen-bond acceptors (Lipinski definition) is 5. The lowest BCUT2D eigenvalue weighted by Gasteiger charge is -2.12. The molecule has 0 amide bonds. The van der Waals surface area contributed by atoms with Crippen LogP contribution in [0.1, 0.15) is 34.2 Å². The van der Waals surface area contributed by atoms with Gasteiger partial charge in [-0.25, -0.2) is 23.0 Å². The summed E-state index contributed by atoms with van der Waals surface area (Å²) in [4.78, 5) is 12.5. The highest BCUT2D eigenvalue weighted by Gasteiger charge is 2.20. The Labute approximate surface area is 198 Å². The van der Waals surface area contributed by atoms with Crippen molar-refractivity contribution in [3.63, 3.8) is 0 Å². The van der Waals surface area contributed by atoms with Gasteiger partial charge in [0.15, 0.2) is 5.69 Å². The number of esters is 1. The zero-order chi connectivity index (χ0) is 24.1. The first kappa shape index (κ1) is 23.2. The summed E-state index contributed by atoms with van der Waals surface area (Å²) in [6, 6.07) is 27.2. The molecule has 7 nitrogen and oxygen atoms in total. The predicted octanol–water partition coefficient (Wildman–Crippen LogP) is 4.29. The van der Waals surface area contributed by atoms with Crippen LogP contribution in [0, 0.1) is 0 Å². The van der Waals surface area contributed by atoms with E-state index in [1.54, 1.807) is 29.8 Å². The van der Waals surface area contributed by atoms with Crippen molar-refractivity contribution in [2.24, 2.45) is 5.14 Å². The fraction of sp³-hybridized carbons (Fsp3) is 0.0769. The fourth-order valence-electron chi connectivity index (χ4n) is 3.49. The Kier molecular flexibility index (Phi) is 6.72. The molecule has 4 rings (SSSR count). The molecule has 1 aromatic heterocycles. The van der Waals surface area contributed by atoms with E-state index in [4.69, 9.17) is 9.88 Å². The van der Waals surface area contributed by atoms with Crippen molar-refractivity contribution in [3.05, 3.63) is 114 Å². The molecule has 0 saturated heterocycles. The number of rotatable bonds is 7. The SMILES string of the molecule is CCOC(=O)c1cc(/C(=C/c2ccccc2)c2ccccc2)n(-c2ccc(S(N)(=O)=O)cc2)n1. The minimum absolute atomic E-state index is 0.0151. The molecule has 4 aromatic rings. The second-order valence-electron chi connectivity index (χ2n) is 7.42. The highest BCUT2D eigenvalue weighted by Crippen LogP contribution is 2.29. The van der Waals surface area contributed by atoms with Crippen LogP contribution in [-0.4, -0.2) is 30.8 Å². The molecule has 172 valence electrons. The van der Waals surface area contributed by atoms with Gasteiger partial charge in [-0.2, -0.15) is 5.10 Å². The number of primary sulfonamides is 1. The molecule has 2 N–H and O–H groups in total. The molecule has 0 unspecified atom stereocenters. The van der Waals surface area contributed by atoms with Gasteiger partial charge in [0.05, 0.1) is 22.9 Å². The molecular weight excluding hydrogens is 450 g/mol. The normalized spacial score (nSPS) is 11.9. The fourth-order valence-corrected chi connectivity index (χ4v) is 4.01. The van der Waals surface area contributed by atoms with Crippen LogP contribution in [-0.2, 0) is 14.8 Å². The number of carbonyl (C=O) groups excluding carboxylic acids is 1. The van der Waals surface area contributed by atoms with Crippen LogP contribution >= 0.6 is 0 Å². The number of nitrogens with zero attached hydrogens (tertiary/aromatic N) is 2. The lowest BCUT2D eigenvalue weighted by molar-refractivity contribution is 0.0519. The molecule has 0 aliphatic heterocycles. The predicted molar refractivity (Wildman–Crippen MR) is 131 cm³/mol.